The maximum Gasteiger partial charge on any atom is 0.186 e. The molecule has 6 N–H and O–H groups in total. The fraction of sp³-hybridized carbons (Fsp3) is 0.946. The zero-order valence-electron chi connectivity index (χ0n) is 29.6. The Balaban J connectivity index is 1.15. The molecule has 5 aliphatic carbocycles. The van der Waals surface area contributed by atoms with Gasteiger partial charge in [-0.05, 0) is 112 Å². The maximum atomic E-state index is 12.5. The summed E-state index contributed by atoms with van der Waals surface area (Å²) in [5.74, 6) is 1.55. The van der Waals surface area contributed by atoms with E-state index in [9.17, 15) is 30.6 Å². The zero-order chi connectivity index (χ0) is 34.3. The molecule has 2 spiro atoms. The molecule has 7 aliphatic rings. The third kappa shape index (κ3) is 4.54. The first-order valence-electron chi connectivity index (χ1n) is 18.2. The van der Waals surface area contributed by atoms with Crippen molar-refractivity contribution in [3.8, 4) is 0 Å². The van der Waals surface area contributed by atoms with Gasteiger partial charge < -0.3 is 49.6 Å². The molecule has 16 atom stereocenters. The Bertz CT molecular complexity index is 1280. The van der Waals surface area contributed by atoms with Crippen LogP contribution in [0.2, 0.25) is 0 Å². The summed E-state index contributed by atoms with van der Waals surface area (Å²) in [6, 6.07) is 0. The van der Waals surface area contributed by atoms with Crippen LogP contribution in [0.4, 0.5) is 0 Å². The Labute approximate surface area is 279 Å². The van der Waals surface area contributed by atoms with Crippen LogP contribution in [0.25, 0.3) is 0 Å². The number of aliphatic hydroxyl groups excluding tert-OH is 5. The molecule has 5 fully saturated rings. The summed E-state index contributed by atoms with van der Waals surface area (Å²) in [7, 11) is 0. The van der Waals surface area contributed by atoms with Crippen LogP contribution in [0.15, 0.2) is 11.3 Å². The topological polar surface area (TPSA) is 158 Å². The monoisotopic (exact) mass is 664 g/mol. The van der Waals surface area contributed by atoms with Gasteiger partial charge in [0.1, 0.15) is 42.4 Å². The van der Waals surface area contributed by atoms with Crippen LogP contribution < -0.4 is 0 Å². The molecule has 0 aromatic rings. The normalized spacial score (nSPS) is 53.1. The van der Waals surface area contributed by atoms with Gasteiger partial charge in [-0.25, -0.2) is 0 Å². The van der Waals surface area contributed by atoms with Crippen molar-refractivity contribution in [1.29, 1.82) is 0 Å². The van der Waals surface area contributed by atoms with Crippen LogP contribution in [0, 0.1) is 44.8 Å². The molecule has 0 aromatic carbocycles. The fourth-order valence-electron chi connectivity index (χ4n) is 13.0. The van der Waals surface area contributed by atoms with Crippen molar-refractivity contribution in [2.75, 3.05) is 6.61 Å². The van der Waals surface area contributed by atoms with Crippen LogP contribution in [0.1, 0.15) is 107 Å². The minimum absolute atomic E-state index is 0.0685. The van der Waals surface area contributed by atoms with Gasteiger partial charge in [0.2, 0.25) is 0 Å². The average molecular weight is 665 g/mol. The lowest BCUT2D eigenvalue weighted by Crippen LogP contribution is -2.61. The molecule has 2 heterocycles. The Morgan fingerprint density at radius 1 is 0.915 bits per heavy atom. The molecule has 2 aliphatic heterocycles. The molecule has 4 saturated carbocycles. The first kappa shape index (κ1) is 34.6. The summed E-state index contributed by atoms with van der Waals surface area (Å²) in [5, 5.41) is 64.4. The van der Waals surface area contributed by atoms with E-state index in [4.69, 9.17) is 18.9 Å². The van der Waals surface area contributed by atoms with E-state index in [1.807, 2.05) is 0 Å². The van der Waals surface area contributed by atoms with Crippen molar-refractivity contribution in [2.45, 2.75) is 168 Å². The molecular formula is C37H60O10. The Hall–Kier alpha value is -0.820. The van der Waals surface area contributed by atoms with Crippen molar-refractivity contribution in [3.05, 3.63) is 11.3 Å². The van der Waals surface area contributed by atoms with E-state index >= 15 is 0 Å². The van der Waals surface area contributed by atoms with Crippen molar-refractivity contribution < 1.29 is 49.6 Å². The first-order chi connectivity index (χ1) is 21.8. The van der Waals surface area contributed by atoms with Crippen LogP contribution in [-0.2, 0) is 18.9 Å². The number of rotatable bonds is 6. The van der Waals surface area contributed by atoms with Gasteiger partial charge in [-0.15, -0.1) is 0 Å². The van der Waals surface area contributed by atoms with E-state index in [1.165, 1.54) is 5.57 Å². The second-order valence-corrected chi connectivity index (χ2v) is 18.3. The highest BCUT2D eigenvalue weighted by atomic mass is 16.7. The Morgan fingerprint density at radius 2 is 1.57 bits per heavy atom. The molecule has 0 bridgehead atoms. The standard InChI is InChI=1S/C37H60O10/c1-18-15-21(30(33(5,6)43)45-19(2)38)46-28-25(18)34(7)13-14-37-17-36(37)12-11-24(47-31-27(41)26(40)20(39)16-44-31)32(3,4)22(36)9-10-23(37)35(34,8)29(28)42/h18-24,26-27,29-31,38-43H,9-17H2,1-8H3/t18-,19+,20-,21-,22+,23+,24+,26+,27-,29+,30+,31+,34-,35-,36-,37+/m1/s1. The predicted octanol–water partition coefficient (Wildman–Crippen LogP) is 3.39. The van der Waals surface area contributed by atoms with Gasteiger partial charge in [-0.3, -0.25) is 0 Å². The van der Waals surface area contributed by atoms with Crippen LogP contribution >= 0.6 is 0 Å². The minimum atomic E-state index is -1.30. The lowest BCUT2D eigenvalue weighted by Gasteiger charge is -2.63. The van der Waals surface area contributed by atoms with Crippen LogP contribution in [0.5, 0.6) is 0 Å². The van der Waals surface area contributed by atoms with E-state index < -0.39 is 60.2 Å². The SMILES string of the molecule is C[C@@H]1C[C@H]([C@H](O[C@@H](C)O)C(C)(C)O)OC2=C1[C@@]1(C)CC[C@@]34C[C@@]35CC[C@H](O[C@@H]3OC[C@@H](O)[C@H](O)[C@H]3O)C(C)(C)[C@@H]5CC[C@H]4[C@]1(C)[C@H]2O. The maximum absolute atomic E-state index is 12.5. The van der Waals surface area contributed by atoms with Crippen molar-refractivity contribution in [1.82, 2.24) is 0 Å². The highest BCUT2D eigenvalue weighted by molar-refractivity contribution is 5.43. The third-order valence-corrected chi connectivity index (χ3v) is 15.3. The Morgan fingerprint density at radius 3 is 2.23 bits per heavy atom. The number of aliphatic hydroxyl groups is 6. The molecule has 1 saturated heterocycles. The Kier molecular flexibility index (Phi) is 7.99. The molecular weight excluding hydrogens is 604 g/mol. The predicted molar refractivity (Wildman–Crippen MR) is 171 cm³/mol. The molecule has 47 heavy (non-hydrogen) atoms. The van der Waals surface area contributed by atoms with Gasteiger partial charge in [-0.1, -0.05) is 34.6 Å². The molecule has 0 aromatic heterocycles. The van der Waals surface area contributed by atoms with E-state index in [0.29, 0.717) is 24.0 Å². The molecule has 10 heteroatoms. The molecule has 10 nitrogen and oxygen atoms in total. The summed E-state index contributed by atoms with van der Waals surface area (Å²) >= 11 is 0. The first-order valence-corrected chi connectivity index (χ1v) is 18.2. The fourth-order valence-corrected chi connectivity index (χ4v) is 13.0. The highest BCUT2D eigenvalue weighted by Gasteiger charge is 2.83. The number of allylic oxidation sites excluding steroid dienone is 1. The zero-order valence-corrected chi connectivity index (χ0v) is 29.6. The third-order valence-electron chi connectivity index (χ3n) is 15.3. The number of fused-ring (bicyclic) bond motifs is 3. The summed E-state index contributed by atoms with van der Waals surface area (Å²) < 4.78 is 24.7. The average Bonchev–Trinajstić information content (AvgIpc) is 3.61. The highest BCUT2D eigenvalue weighted by Crippen LogP contribution is 2.89. The van der Waals surface area contributed by atoms with E-state index in [-0.39, 0.29) is 40.3 Å². The van der Waals surface area contributed by atoms with Crippen molar-refractivity contribution >= 4 is 0 Å². The molecule has 0 radical (unpaired) electrons. The van der Waals surface area contributed by atoms with Crippen LogP contribution in [-0.4, -0.2) is 98.2 Å². The lowest BCUT2D eigenvalue weighted by atomic mass is 9.41. The summed E-state index contributed by atoms with van der Waals surface area (Å²) in [4.78, 5) is 0. The summed E-state index contributed by atoms with van der Waals surface area (Å²) in [6.07, 6.45) is -0.113. The van der Waals surface area contributed by atoms with Gasteiger partial charge in [0.15, 0.2) is 12.6 Å². The molecule has 0 unspecified atom stereocenters. The van der Waals surface area contributed by atoms with E-state index in [0.717, 1.165) is 44.9 Å². The second-order valence-electron chi connectivity index (χ2n) is 18.3. The van der Waals surface area contributed by atoms with Gasteiger partial charge >= 0.3 is 0 Å². The number of ether oxygens (including phenoxy) is 4. The molecule has 7 rings (SSSR count). The van der Waals surface area contributed by atoms with Crippen molar-refractivity contribution in [2.24, 2.45) is 44.8 Å². The van der Waals surface area contributed by atoms with Gasteiger partial charge in [0.25, 0.3) is 0 Å². The lowest BCUT2D eigenvalue weighted by molar-refractivity contribution is -0.303. The quantitative estimate of drug-likeness (QED) is 0.184. The van der Waals surface area contributed by atoms with Crippen molar-refractivity contribution in [3.63, 3.8) is 0 Å². The number of hydrogen-bond acceptors (Lipinski definition) is 10. The van der Waals surface area contributed by atoms with E-state index in [2.05, 4.69) is 34.6 Å². The van der Waals surface area contributed by atoms with Gasteiger partial charge in [0.05, 0.1) is 18.3 Å². The second kappa shape index (κ2) is 10.8. The van der Waals surface area contributed by atoms with Gasteiger partial charge in [0, 0.05) is 10.8 Å². The minimum Gasteiger partial charge on any atom is -0.489 e. The largest absolute Gasteiger partial charge is 0.489 e. The van der Waals surface area contributed by atoms with Gasteiger partial charge in [-0.2, -0.15) is 0 Å². The van der Waals surface area contributed by atoms with Crippen LogP contribution in [0.3, 0.4) is 0 Å². The smallest absolute Gasteiger partial charge is 0.186 e. The summed E-state index contributed by atoms with van der Waals surface area (Å²) in [6.45, 7) is 16.3. The van der Waals surface area contributed by atoms with E-state index in [1.54, 1.807) is 20.8 Å². The number of hydrogen-bond donors (Lipinski definition) is 6. The molecule has 268 valence electrons. The molecule has 0 amide bonds. The summed E-state index contributed by atoms with van der Waals surface area (Å²) in [5.41, 5.74) is -0.523.